The van der Waals surface area contributed by atoms with Crippen LogP contribution in [0.3, 0.4) is 0 Å². The summed E-state index contributed by atoms with van der Waals surface area (Å²) < 4.78 is 18.0. The number of esters is 1. The Morgan fingerprint density at radius 3 is 1.88 bits per heavy atom. The van der Waals surface area contributed by atoms with Crippen molar-refractivity contribution in [1.29, 1.82) is 0 Å². The second kappa shape index (κ2) is 5.68. The number of ether oxygens (including phenoxy) is 3. The van der Waals surface area contributed by atoms with Crippen molar-refractivity contribution in [2.24, 2.45) is 5.92 Å². The smallest absolute Gasteiger partial charge is 0.339 e. The predicted octanol–water partition coefficient (Wildman–Crippen LogP) is 3.64. The van der Waals surface area contributed by atoms with E-state index < -0.39 is 17.5 Å². The van der Waals surface area contributed by atoms with Gasteiger partial charge in [0.2, 0.25) is 0 Å². The van der Waals surface area contributed by atoms with E-state index >= 15 is 0 Å². The highest BCUT2D eigenvalue weighted by Gasteiger charge is 2.61. The van der Waals surface area contributed by atoms with E-state index in [1.807, 2.05) is 74.5 Å². The van der Waals surface area contributed by atoms with Crippen LogP contribution >= 0.6 is 0 Å². The molecule has 0 saturated carbocycles. The lowest BCUT2D eigenvalue weighted by Crippen LogP contribution is -2.56. The second-order valence-electron chi connectivity index (χ2n) is 7.20. The van der Waals surface area contributed by atoms with Crippen LogP contribution in [-0.4, -0.2) is 24.0 Å². The van der Waals surface area contributed by atoms with Crippen molar-refractivity contribution in [1.82, 2.24) is 0 Å². The van der Waals surface area contributed by atoms with E-state index in [2.05, 4.69) is 6.92 Å². The molecule has 0 radical (unpaired) electrons. The fourth-order valence-electron chi connectivity index (χ4n) is 4.06. The molecule has 4 nitrogen and oxygen atoms in total. The van der Waals surface area contributed by atoms with Crippen LogP contribution in [0.5, 0.6) is 0 Å². The molecule has 0 spiro atoms. The largest absolute Gasteiger partial charge is 0.447 e. The molecule has 0 N–H and O–H groups in total. The van der Waals surface area contributed by atoms with Gasteiger partial charge in [0.15, 0.2) is 17.5 Å². The molecule has 4 heteroatoms. The zero-order valence-corrected chi connectivity index (χ0v) is 14.6. The van der Waals surface area contributed by atoms with Gasteiger partial charge in [0.05, 0.1) is 0 Å². The molecule has 0 aromatic heterocycles. The number of carbonyl (C=O) groups is 1. The summed E-state index contributed by atoms with van der Waals surface area (Å²) in [6.45, 7) is 5.73. The monoisotopic (exact) mass is 338 g/mol. The Labute approximate surface area is 147 Å². The molecule has 2 heterocycles. The number of benzene rings is 2. The number of fused-ring (bicyclic) bond motifs is 1. The summed E-state index contributed by atoms with van der Waals surface area (Å²) in [4.78, 5) is 12.8. The summed E-state index contributed by atoms with van der Waals surface area (Å²) in [7, 11) is 0. The lowest BCUT2D eigenvalue weighted by atomic mass is 9.71. The molecule has 0 bridgehead atoms. The van der Waals surface area contributed by atoms with Crippen molar-refractivity contribution in [3.63, 3.8) is 0 Å². The first kappa shape index (κ1) is 16.3. The molecule has 2 aromatic carbocycles. The minimum absolute atomic E-state index is 0.109. The second-order valence-corrected chi connectivity index (χ2v) is 7.20. The maximum absolute atomic E-state index is 12.8. The molecule has 0 amide bonds. The van der Waals surface area contributed by atoms with Crippen molar-refractivity contribution in [3.8, 4) is 0 Å². The molecule has 25 heavy (non-hydrogen) atoms. The first-order valence-electron chi connectivity index (χ1n) is 8.63. The van der Waals surface area contributed by atoms with Crippen LogP contribution in [0.4, 0.5) is 0 Å². The zero-order chi connectivity index (χ0) is 17.7. The molecular formula is C21H22O4. The summed E-state index contributed by atoms with van der Waals surface area (Å²) in [5, 5.41) is 0. The summed E-state index contributed by atoms with van der Waals surface area (Å²) in [6, 6.07) is 19.7. The van der Waals surface area contributed by atoms with E-state index in [9.17, 15) is 4.79 Å². The highest BCUT2D eigenvalue weighted by atomic mass is 16.8. The fraction of sp³-hybridized carbons (Fsp3) is 0.381. The molecule has 4 rings (SSSR count). The Hall–Kier alpha value is -2.17. The van der Waals surface area contributed by atoms with Gasteiger partial charge in [-0.25, -0.2) is 4.79 Å². The first-order chi connectivity index (χ1) is 11.9. The third kappa shape index (κ3) is 2.48. The molecule has 130 valence electrons. The van der Waals surface area contributed by atoms with Gasteiger partial charge < -0.3 is 14.2 Å². The van der Waals surface area contributed by atoms with E-state index in [0.717, 1.165) is 11.1 Å². The van der Waals surface area contributed by atoms with E-state index in [0.29, 0.717) is 0 Å². The summed E-state index contributed by atoms with van der Waals surface area (Å²) in [5.74, 6) is -1.28. The molecule has 2 saturated heterocycles. The van der Waals surface area contributed by atoms with Crippen LogP contribution < -0.4 is 0 Å². The lowest BCUT2D eigenvalue weighted by molar-refractivity contribution is -0.191. The highest BCUT2D eigenvalue weighted by Crippen LogP contribution is 2.50. The maximum atomic E-state index is 12.8. The number of carbonyl (C=O) groups excluding carboxylic acids is 1. The molecule has 2 aromatic rings. The maximum Gasteiger partial charge on any atom is 0.339 e. The van der Waals surface area contributed by atoms with Crippen LogP contribution in [0.15, 0.2) is 60.7 Å². The van der Waals surface area contributed by atoms with Gasteiger partial charge in [-0.2, -0.15) is 0 Å². The van der Waals surface area contributed by atoms with Crippen molar-refractivity contribution >= 4 is 5.97 Å². The Bertz CT molecular complexity index is 729. The van der Waals surface area contributed by atoms with Crippen LogP contribution in [0, 0.1) is 5.92 Å². The first-order valence-corrected chi connectivity index (χ1v) is 8.63. The lowest BCUT2D eigenvalue weighted by Gasteiger charge is -2.46. The summed E-state index contributed by atoms with van der Waals surface area (Å²) in [5.41, 5.74) is 0.979. The van der Waals surface area contributed by atoms with Crippen LogP contribution in [0.2, 0.25) is 0 Å². The average molecular weight is 338 g/mol. The number of hydrogen-bond acceptors (Lipinski definition) is 4. The summed E-state index contributed by atoms with van der Waals surface area (Å²) >= 11 is 0. The topological polar surface area (TPSA) is 44.8 Å². The predicted molar refractivity (Wildman–Crippen MR) is 92.7 cm³/mol. The average Bonchev–Trinajstić information content (AvgIpc) is 2.96. The van der Waals surface area contributed by atoms with Crippen LogP contribution in [0.25, 0.3) is 0 Å². The molecule has 2 fully saturated rings. The normalized spacial score (nSPS) is 29.7. The third-order valence-electron chi connectivity index (χ3n) is 5.16. The van der Waals surface area contributed by atoms with E-state index in [4.69, 9.17) is 14.2 Å². The Morgan fingerprint density at radius 2 is 1.36 bits per heavy atom. The SMILES string of the molecule is C[C@@H]1[C@H]2OC(C)(C)O[C@H]2C(=O)OC1(c1ccccc1)c1ccccc1. The highest BCUT2D eigenvalue weighted by molar-refractivity contribution is 5.78. The van der Waals surface area contributed by atoms with Gasteiger partial charge in [0.25, 0.3) is 0 Å². The van der Waals surface area contributed by atoms with Crippen molar-refractivity contribution in [3.05, 3.63) is 71.8 Å². The van der Waals surface area contributed by atoms with E-state index in [1.54, 1.807) is 0 Å². The molecule has 0 aliphatic carbocycles. The van der Waals surface area contributed by atoms with Gasteiger partial charge in [-0.15, -0.1) is 0 Å². The van der Waals surface area contributed by atoms with Gasteiger partial charge in [0, 0.05) is 17.0 Å². The minimum Gasteiger partial charge on any atom is -0.447 e. The molecule has 3 atom stereocenters. The standard InChI is InChI=1S/C21H22O4/c1-14-17-18(24-20(2,3)23-17)19(22)25-21(14,15-10-6-4-7-11-15)16-12-8-5-9-13-16/h4-14,17-18H,1-3H3/t14-,17-,18-/m1/s1. The Kier molecular flexibility index (Phi) is 3.71. The van der Waals surface area contributed by atoms with Crippen molar-refractivity contribution in [2.45, 2.75) is 44.4 Å². The molecular weight excluding hydrogens is 316 g/mol. The number of hydrogen-bond donors (Lipinski definition) is 0. The van der Waals surface area contributed by atoms with Gasteiger partial charge in [-0.3, -0.25) is 0 Å². The molecule has 2 aliphatic heterocycles. The van der Waals surface area contributed by atoms with Crippen LogP contribution in [0.1, 0.15) is 31.9 Å². The Morgan fingerprint density at radius 1 is 0.840 bits per heavy atom. The number of cyclic esters (lactones) is 1. The van der Waals surface area contributed by atoms with Crippen LogP contribution in [-0.2, 0) is 24.6 Å². The summed E-state index contributed by atoms with van der Waals surface area (Å²) in [6.07, 6.45) is -1.05. The zero-order valence-electron chi connectivity index (χ0n) is 14.6. The fourth-order valence-corrected chi connectivity index (χ4v) is 4.06. The Balaban J connectivity index is 1.89. The van der Waals surface area contributed by atoms with Crippen molar-refractivity contribution in [2.75, 3.05) is 0 Å². The quantitative estimate of drug-likeness (QED) is 0.784. The van der Waals surface area contributed by atoms with Crippen molar-refractivity contribution < 1.29 is 19.0 Å². The molecule has 0 unspecified atom stereocenters. The van der Waals surface area contributed by atoms with Gasteiger partial charge >= 0.3 is 5.97 Å². The van der Waals surface area contributed by atoms with Gasteiger partial charge in [-0.1, -0.05) is 67.6 Å². The van der Waals surface area contributed by atoms with Gasteiger partial charge in [0.1, 0.15) is 6.10 Å². The van der Waals surface area contributed by atoms with E-state index in [-0.39, 0.29) is 18.0 Å². The molecule has 2 aliphatic rings. The van der Waals surface area contributed by atoms with E-state index in [1.165, 1.54) is 0 Å². The number of rotatable bonds is 2. The van der Waals surface area contributed by atoms with Gasteiger partial charge in [-0.05, 0) is 13.8 Å². The minimum atomic E-state index is -0.898. The third-order valence-corrected chi connectivity index (χ3v) is 5.16.